The molecule has 1 heterocycles. The Labute approximate surface area is 151 Å². The van der Waals surface area contributed by atoms with Crippen molar-refractivity contribution in [1.82, 2.24) is 0 Å². The number of hydrazone groups is 1. The lowest BCUT2D eigenvalue weighted by Crippen LogP contribution is -2.21. The lowest BCUT2D eigenvalue weighted by Gasteiger charge is -2.12. The number of anilines is 1. The molecule has 0 aliphatic carbocycles. The van der Waals surface area contributed by atoms with E-state index >= 15 is 0 Å². The van der Waals surface area contributed by atoms with Gasteiger partial charge in [-0.2, -0.15) is 10.1 Å². The number of ketones is 1. The van der Waals surface area contributed by atoms with Gasteiger partial charge in [0.05, 0.1) is 24.1 Å². The average molecular weight is 350 g/mol. The summed E-state index contributed by atoms with van der Waals surface area (Å²) in [5.41, 5.74) is 2.91. The van der Waals surface area contributed by atoms with E-state index in [9.17, 15) is 14.7 Å². The number of hydrogen-bond acceptors (Lipinski definition) is 5. The molecule has 1 aliphatic heterocycles. The van der Waals surface area contributed by atoms with Gasteiger partial charge in [0.2, 0.25) is 0 Å². The molecule has 3 rings (SSSR count). The third kappa shape index (κ3) is 3.21. The molecule has 0 saturated heterocycles. The van der Waals surface area contributed by atoms with Gasteiger partial charge < -0.3 is 9.84 Å². The summed E-state index contributed by atoms with van der Waals surface area (Å²) in [5.74, 6) is 0.0667. The van der Waals surface area contributed by atoms with Crippen LogP contribution in [0.3, 0.4) is 0 Å². The van der Waals surface area contributed by atoms with Crippen molar-refractivity contribution in [3.63, 3.8) is 0 Å². The second-order valence-electron chi connectivity index (χ2n) is 5.89. The summed E-state index contributed by atoms with van der Waals surface area (Å²) in [6.07, 6.45) is 1.70. The van der Waals surface area contributed by atoms with Gasteiger partial charge in [0, 0.05) is 5.56 Å². The summed E-state index contributed by atoms with van der Waals surface area (Å²) in [6.45, 7) is 3.25. The van der Waals surface area contributed by atoms with Crippen molar-refractivity contribution in [2.45, 2.75) is 13.8 Å². The summed E-state index contributed by atoms with van der Waals surface area (Å²) in [4.78, 5) is 24.1. The highest BCUT2D eigenvalue weighted by molar-refractivity contribution is 6.32. The molecule has 2 aromatic rings. The highest BCUT2D eigenvalue weighted by Gasteiger charge is 2.28. The maximum atomic E-state index is 12.8. The first kappa shape index (κ1) is 17.4. The summed E-state index contributed by atoms with van der Waals surface area (Å²) < 4.78 is 5.09. The molecule has 0 fully saturated rings. The van der Waals surface area contributed by atoms with Gasteiger partial charge in [-0.3, -0.25) is 9.59 Å². The van der Waals surface area contributed by atoms with Crippen LogP contribution in [0.4, 0.5) is 5.69 Å². The number of Topliss-reactive ketones (excluding diaryl/α,β-unsaturated/α-hetero) is 1. The number of hydrogen-bond donors (Lipinski definition) is 1. The molecule has 1 amide bonds. The van der Waals surface area contributed by atoms with Crippen LogP contribution in [0, 0.1) is 0 Å². The average Bonchev–Trinajstić information content (AvgIpc) is 2.91. The zero-order valence-corrected chi connectivity index (χ0v) is 14.7. The highest BCUT2D eigenvalue weighted by atomic mass is 16.5. The van der Waals surface area contributed by atoms with Crippen LogP contribution in [0.5, 0.6) is 11.5 Å². The second-order valence-corrected chi connectivity index (χ2v) is 5.89. The van der Waals surface area contributed by atoms with Crippen LogP contribution in [0.1, 0.15) is 29.8 Å². The van der Waals surface area contributed by atoms with Crippen LogP contribution >= 0.6 is 0 Å². The van der Waals surface area contributed by atoms with E-state index in [0.717, 1.165) is 0 Å². The SMILES string of the molecule is COc1cc(/C=C2/C(=O)N(c3ccc(C(C)=O)cc3)N=C2C)ccc1O. The number of benzene rings is 2. The van der Waals surface area contributed by atoms with Gasteiger partial charge >= 0.3 is 0 Å². The molecule has 26 heavy (non-hydrogen) atoms. The van der Waals surface area contributed by atoms with Crippen LogP contribution in [-0.2, 0) is 4.79 Å². The highest BCUT2D eigenvalue weighted by Crippen LogP contribution is 2.29. The second kappa shape index (κ2) is 6.84. The van der Waals surface area contributed by atoms with Gasteiger partial charge in [0.25, 0.3) is 5.91 Å². The maximum Gasteiger partial charge on any atom is 0.280 e. The molecular formula is C20H18N2O4. The van der Waals surface area contributed by atoms with Crippen molar-refractivity contribution < 1.29 is 19.4 Å². The molecule has 0 spiro atoms. The smallest absolute Gasteiger partial charge is 0.280 e. The number of carbonyl (C=O) groups excluding carboxylic acids is 2. The standard InChI is InChI=1S/C20H18N2O4/c1-12-17(10-14-4-9-18(24)19(11-14)26-3)20(25)22(21-12)16-7-5-15(6-8-16)13(2)23/h4-11,24H,1-3H3/b17-10+. The van der Waals surface area contributed by atoms with E-state index in [1.165, 1.54) is 25.1 Å². The summed E-state index contributed by atoms with van der Waals surface area (Å²) in [5, 5.41) is 15.3. The van der Waals surface area contributed by atoms with Gasteiger partial charge in [0.15, 0.2) is 17.3 Å². The first-order valence-electron chi connectivity index (χ1n) is 8.00. The van der Waals surface area contributed by atoms with Gasteiger partial charge in [-0.15, -0.1) is 0 Å². The number of phenols is 1. The molecule has 132 valence electrons. The maximum absolute atomic E-state index is 12.8. The molecule has 0 radical (unpaired) electrons. The third-order valence-corrected chi connectivity index (χ3v) is 4.10. The summed E-state index contributed by atoms with van der Waals surface area (Å²) >= 11 is 0. The molecule has 6 heteroatoms. The number of carbonyl (C=O) groups is 2. The van der Waals surface area contributed by atoms with Gasteiger partial charge in [-0.1, -0.05) is 6.07 Å². The van der Waals surface area contributed by atoms with Crippen molar-refractivity contribution in [3.05, 3.63) is 59.2 Å². The number of phenolic OH excluding ortho intramolecular Hbond substituents is 1. The van der Waals surface area contributed by atoms with E-state index in [1.807, 2.05) is 0 Å². The van der Waals surface area contributed by atoms with Gasteiger partial charge in [0.1, 0.15) is 0 Å². The molecule has 0 aromatic heterocycles. The largest absolute Gasteiger partial charge is 0.504 e. The summed E-state index contributed by atoms with van der Waals surface area (Å²) in [6, 6.07) is 11.6. The van der Waals surface area contributed by atoms with Crippen LogP contribution in [-0.4, -0.2) is 29.6 Å². The van der Waals surface area contributed by atoms with E-state index < -0.39 is 0 Å². The quantitative estimate of drug-likeness (QED) is 0.677. The first-order chi connectivity index (χ1) is 12.4. The predicted molar refractivity (Wildman–Crippen MR) is 99.7 cm³/mol. The van der Waals surface area contributed by atoms with E-state index in [4.69, 9.17) is 4.74 Å². The minimum absolute atomic E-state index is 0.0324. The fourth-order valence-corrected chi connectivity index (χ4v) is 2.65. The Hall–Kier alpha value is -3.41. The number of ether oxygens (including phenoxy) is 1. The number of amides is 1. The zero-order chi connectivity index (χ0) is 18.8. The van der Waals surface area contributed by atoms with Crippen LogP contribution < -0.4 is 9.75 Å². The van der Waals surface area contributed by atoms with Crippen LogP contribution in [0.2, 0.25) is 0 Å². The molecule has 0 unspecified atom stereocenters. The Morgan fingerprint density at radius 1 is 1.19 bits per heavy atom. The number of methoxy groups -OCH3 is 1. The topological polar surface area (TPSA) is 79.2 Å². The minimum atomic E-state index is -0.259. The van der Waals surface area contributed by atoms with Crippen molar-refractivity contribution in [2.24, 2.45) is 5.10 Å². The van der Waals surface area contributed by atoms with Crippen LogP contribution in [0.15, 0.2) is 53.1 Å². The van der Waals surface area contributed by atoms with Crippen molar-refractivity contribution in [3.8, 4) is 11.5 Å². The Morgan fingerprint density at radius 2 is 1.88 bits per heavy atom. The molecule has 0 bridgehead atoms. The van der Waals surface area contributed by atoms with E-state index in [-0.39, 0.29) is 17.4 Å². The van der Waals surface area contributed by atoms with E-state index in [0.29, 0.717) is 33.8 Å². The Bertz CT molecular complexity index is 943. The monoisotopic (exact) mass is 350 g/mol. The molecule has 1 N–H and O–H groups in total. The molecule has 0 saturated carbocycles. The lowest BCUT2D eigenvalue weighted by atomic mass is 10.1. The molecule has 6 nitrogen and oxygen atoms in total. The molecule has 1 aliphatic rings. The van der Waals surface area contributed by atoms with E-state index in [1.54, 1.807) is 49.4 Å². The normalized spacial score (nSPS) is 15.3. The van der Waals surface area contributed by atoms with Crippen LogP contribution in [0.25, 0.3) is 6.08 Å². The molecular weight excluding hydrogens is 332 g/mol. The van der Waals surface area contributed by atoms with Crippen molar-refractivity contribution in [1.29, 1.82) is 0 Å². The van der Waals surface area contributed by atoms with E-state index in [2.05, 4.69) is 5.10 Å². The first-order valence-corrected chi connectivity index (χ1v) is 8.00. The fourth-order valence-electron chi connectivity index (χ4n) is 2.65. The zero-order valence-electron chi connectivity index (χ0n) is 14.7. The third-order valence-electron chi connectivity index (χ3n) is 4.10. The number of nitrogens with zero attached hydrogens (tertiary/aromatic N) is 2. The predicted octanol–water partition coefficient (Wildman–Crippen LogP) is 3.41. The number of aromatic hydroxyl groups is 1. The van der Waals surface area contributed by atoms with Crippen molar-refractivity contribution >= 4 is 29.2 Å². The Morgan fingerprint density at radius 3 is 2.50 bits per heavy atom. The Balaban J connectivity index is 1.91. The lowest BCUT2D eigenvalue weighted by molar-refractivity contribution is -0.114. The minimum Gasteiger partial charge on any atom is -0.504 e. The van der Waals surface area contributed by atoms with Gasteiger partial charge in [-0.05, 0) is 61.9 Å². The molecule has 2 aromatic carbocycles. The summed E-state index contributed by atoms with van der Waals surface area (Å²) in [7, 11) is 1.46. The Kier molecular flexibility index (Phi) is 4.58. The molecule has 0 atom stereocenters. The van der Waals surface area contributed by atoms with Gasteiger partial charge in [-0.25, -0.2) is 0 Å². The van der Waals surface area contributed by atoms with Crippen molar-refractivity contribution in [2.75, 3.05) is 12.1 Å². The number of rotatable bonds is 4. The fraction of sp³-hybridized carbons (Fsp3) is 0.150.